The predicted octanol–water partition coefficient (Wildman–Crippen LogP) is 2.05. The Balaban J connectivity index is 2.38. The number of hydrogen-bond donors (Lipinski definition) is 1. The Morgan fingerprint density at radius 2 is 2.13 bits per heavy atom. The van der Waals surface area contributed by atoms with Gasteiger partial charge < -0.3 is 0 Å². The van der Waals surface area contributed by atoms with Gasteiger partial charge in [-0.1, -0.05) is 12.1 Å². The van der Waals surface area contributed by atoms with Crippen LogP contribution in [0, 0.1) is 0 Å². The quantitative estimate of drug-likeness (QED) is 0.701. The minimum Gasteiger partial charge on any atom is -0.277 e. The summed E-state index contributed by atoms with van der Waals surface area (Å²) < 4.78 is 0. The van der Waals surface area contributed by atoms with Gasteiger partial charge in [0.1, 0.15) is 0 Å². The van der Waals surface area contributed by atoms with E-state index in [-0.39, 0.29) is 0 Å². The highest BCUT2D eigenvalue weighted by Crippen LogP contribution is 2.27. The van der Waals surface area contributed by atoms with E-state index in [1.54, 1.807) is 12.4 Å². The van der Waals surface area contributed by atoms with Gasteiger partial charge >= 0.3 is 0 Å². The molecule has 0 spiro atoms. The first kappa shape index (κ1) is 8.11. The number of nitrogens with one attached hydrogen (secondary N) is 1. The summed E-state index contributed by atoms with van der Waals surface area (Å²) in [7, 11) is 0. The van der Waals surface area contributed by atoms with Gasteiger partial charge in [-0.2, -0.15) is 15.3 Å². The van der Waals surface area contributed by atoms with E-state index < -0.39 is 0 Å². The second kappa shape index (κ2) is 3.16. The molecular formula is C11H8N4. The summed E-state index contributed by atoms with van der Waals surface area (Å²) in [6.07, 6.45) is 7.32. The highest BCUT2D eigenvalue weighted by Gasteiger charge is 2.06. The number of allylic oxidation sites excluding steroid dienone is 1. The van der Waals surface area contributed by atoms with Crippen LogP contribution in [0.5, 0.6) is 0 Å². The van der Waals surface area contributed by atoms with Crippen molar-refractivity contribution in [3.63, 3.8) is 0 Å². The molecule has 1 aliphatic heterocycles. The first-order valence-corrected chi connectivity index (χ1v) is 4.65. The summed E-state index contributed by atoms with van der Waals surface area (Å²) in [5.74, 6) is 0. The molecule has 0 aliphatic carbocycles. The van der Waals surface area contributed by atoms with Crippen molar-refractivity contribution in [1.29, 1.82) is 0 Å². The monoisotopic (exact) mass is 196 g/mol. The molecule has 2 heterocycles. The minimum atomic E-state index is 0.870. The fourth-order valence-corrected chi connectivity index (χ4v) is 1.64. The number of benzene rings is 1. The Morgan fingerprint density at radius 3 is 3.13 bits per heavy atom. The van der Waals surface area contributed by atoms with Crippen LogP contribution in [0.2, 0.25) is 0 Å². The van der Waals surface area contributed by atoms with E-state index in [4.69, 9.17) is 0 Å². The molecular weight excluding hydrogens is 188 g/mol. The lowest BCUT2D eigenvalue weighted by Gasteiger charge is -2.06. The van der Waals surface area contributed by atoms with Gasteiger partial charge in [-0.25, -0.2) is 0 Å². The average Bonchev–Trinajstić information content (AvgIpc) is 2.54. The lowest BCUT2D eigenvalue weighted by molar-refractivity contribution is 1.08. The van der Waals surface area contributed by atoms with Crippen LogP contribution in [0.3, 0.4) is 0 Å². The number of hydrogen-bond acceptors (Lipinski definition) is 4. The topological polar surface area (TPSA) is 50.2 Å². The molecule has 72 valence electrons. The maximum absolute atomic E-state index is 4.05. The van der Waals surface area contributed by atoms with Crippen LogP contribution >= 0.6 is 0 Å². The maximum Gasteiger partial charge on any atom is 0.0951 e. The van der Waals surface area contributed by atoms with Crippen LogP contribution in [0.15, 0.2) is 35.6 Å². The third-order valence-electron chi connectivity index (χ3n) is 2.34. The van der Waals surface area contributed by atoms with Crippen LogP contribution < -0.4 is 5.43 Å². The zero-order valence-corrected chi connectivity index (χ0v) is 7.88. The van der Waals surface area contributed by atoms with Gasteiger partial charge in [-0.05, 0) is 18.2 Å². The zero-order valence-electron chi connectivity index (χ0n) is 7.88. The van der Waals surface area contributed by atoms with Crippen molar-refractivity contribution < 1.29 is 0 Å². The van der Waals surface area contributed by atoms with Crippen LogP contribution in [0.4, 0.5) is 5.69 Å². The van der Waals surface area contributed by atoms with E-state index in [0.717, 1.165) is 22.2 Å². The average molecular weight is 196 g/mol. The number of nitrogens with zero attached hydrogens (tertiary/aromatic N) is 3. The molecule has 1 aromatic heterocycles. The van der Waals surface area contributed by atoms with Crippen LogP contribution in [0.25, 0.3) is 17.0 Å². The van der Waals surface area contributed by atoms with Crippen molar-refractivity contribution in [1.82, 2.24) is 10.2 Å². The second-order valence-corrected chi connectivity index (χ2v) is 3.24. The van der Waals surface area contributed by atoms with Crippen molar-refractivity contribution in [2.45, 2.75) is 0 Å². The zero-order chi connectivity index (χ0) is 10.1. The van der Waals surface area contributed by atoms with Gasteiger partial charge in [0, 0.05) is 17.2 Å². The Labute approximate surface area is 86.3 Å². The van der Waals surface area contributed by atoms with E-state index in [2.05, 4.69) is 20.7 Å². The molecule has 0 bridgehead atoms. The van der Waals surface area contributed by atoms with Crippen LogP contribution in [-0.4, -0.2) is 16.4 Å². The molecule has 0 saturated carbocycles. The summed E-state index contributed by atoms with van der Waals surface area (Å²) in [5.41, 5.74) is 5.96. The normalized spacial score (nSPS) is 13.3. The highest BCUT2D eigenvalue weighted by atomic mass is 15.3. The summed E-state index contributed by atoms with van der Waals surface area (Å²) in [6.45, 7) is 0. The molecule has 0 atom stereocenters. The van der Waals surface area contributed by atoms with E-state index in [0.29, 0.717) is 0 Å². The van der Waals surface area contributed by atoms with Crippen molar-refractivity contribution in [2.24, 2.45) is 5.10 Å². The van der Waals surface area contributed by atoms with Gasteiger partial charge in [-0.3, -0.25) is 5.43 Å². The minimum absolute atomic E-state index is 0.870. The predicted molar refractivity (Wildman–Crippen MR) is 60.7 cm³/mol. The molecule has 1 N–H and O–H groups in total. The number of hydrazone groups is 1. The molecule has 1 aromatic carbocycles. The largest absolute Gasteiger partial charge is 0.277 e. The number of rotatable bonds is 0. The molecule has 4 nitrogen and oxygen atoms in total. The third kappa shape index (κ3) is 1.27. The smallest absolute Gasteiger partial charge is 0.0951 e. The summed E-state index contributed by atoms with van der Waals surface area (Å²) in [6, 6.07) is 5.89. The summed E-state index contributed by atoms with van der Waals surface area (Å²) in [4.78, 5) is 0. The van der Waals surface area contributed by atoms with Gasteiger partial charge in [0.15, 0.2) is 0 Å². The summed E-state index contributed by atoms with van der Waals surface area (Å²) >= 11 is 0. The molecule has 0 unspecified atom stereocenters. The van der Waals surface area contributed by atoms with E-state index in [1.165, 1.54) is 0 Å². The SMILES string of the molecule is C1=Cc2ccc3nnccc3c2NN=C1. The number of fused-ring (bicyclic) bond motifs is 3. The van der Waals surface area contributed by atoms with Crippen LogP contribution in [-0.2, 0) is 0 Å². The first-order valence-electron chi connectivity index (χ1n) is 4.65. The Bertz CT molecular complexity index is 572. The maximum atomic E-state index is 4.05. The molecule has 0 amide bonds. The molecule has 0 radical (unpaired) electrons. The molecule has 15 heavy (non-hydrogen) atoms. The fourth-order valence-electron chi connectivity index (χ4n) is 1.64. The van der Waals surface area contributed by atoms with E-state index in [9.17, 15) is 0 Å². The van der Waals surface area contributed by atoms with Crippen molar-refractivity contribution in [2.75, 3.05) is 5.43 Å². The van der Waals surface area contributed by atoms with E-state index in [1.807, 2.05) is 30.4 Å². The van der Waals surface area contributed by atoms with E-state index >= 15 is 0 Å². The highest BCUT2D eigenvalue weighted by molar-refractivity contribution is 5.98. The standard InChI is InChI=1S/C11H8N4/c1-2-8-3-4-10-9(5-7-13-14-10)11(8)15-12-6-1/h1-7,15H. The molecule has 3 rings (SSSR count). The molecule has 2 aromatic rings. The molecule has 0 fully saturated rings. The third-order valence-corrected chi connectivity index (χ3v) is 2.34. The molecule has 0 saturated heterocycles. The Kier molecular flexibility index (Phi) is 1.71. The van der Waals surface area contributed by atoms with Crippen molar-refractivity contribution in [3.05, 3.63) is 36.0 Å². The van der Waals surface area contributed by atoms with Gasteiger partial charge in [0.25, 0.3) is 0 Å². The van der Waals surface area contributed by atoms with Gasteiger partial charge in [0.2, 0.25) is 0 Å². The molecule has 1 aliphatic rings. The van der Waals surface area contributed by atoms with Crippen molar-refractivity contribution >= 4 is 28.9 Å². The lowest BCUT2D eigenvalue weighted by atomic mass is 10.1. The molecule has 4 heteroatoms. The van der Waals surface area contributed by atoms with Crippen LogP contribution in [0.1, 0.15) is 5.56 Å². The van der Waals surface area contributed by atoms with Gasteiger partial charge in [-0.15, -0.1) is 0 Å². The second-order valence-electron chi connectivity index (χ2n) is 3.24. The number of anilines is 1. The van der Waals surface area contributed by atoms with Crippen molar-refractivity contribution in [3.8, 4) is 0 Å². The first-order chi connectivity index (χ1) is 7.45. The number of aromatic nitrogens is 2. The Morgan fingerprint density at radius 1 is 1.13 bits per heavy atom. The summed E-state index contributed by atoms with van der Waals surface area (Å²) in [5, 5.41) is 13.0. The van der Waals surface area contributed by atoms with Gasteiger partial charge in [0.05, 0.1) is 17.4 Å². The lowest BCUT2D eigenvalue weighted by Crippen LogP contribution is -1.93. The fraction of sp³-hybridized carbons (Fsp3) is 0. The Hall–Kier alpha value is -2.23.